The Balaban J connectivity index is 3.96. The highest BCUT2D eigenvalue weighted by Gasteiger charge is 2.27. The van der Waals surface area contributed by atoms with Crippen molar-refractivity contribution in [3.8, 4) is 0 Å². The van der Waals surface area contributed by atoms with Gasteiger partial charge in [-0.3, -0.25) is 4.79 Å². The molecule has 0 aliphatic heterocycles. The summed E-state index contributed by atoms with van der Waals surface area (Å²) in [7, 11) is 0. The molecule has 0 bridgehead atoms. The monoisotopic (exact) mass is 462 g/mol. The number of halogens is 4. The number of alkyl halides is 3. The minimum Gasteiger partial charge on any atom is -0.457 e. The van der Waals surface area contributed by atoms with Crippen molar-refractivity contribution in [3.63, 3.8) is 0 Å². The van der Waals surface area contributed by atoms with Gasteiger partial charge in [0.05, 0.1) is 0 Å². The van der Waals surface area contributed by atoms with Crippen molar-refractivity contribution in [2.75, 3.05) is 0 Å². The average molecular weight is 462 g/mol. The molecule has 24 heavy (non-hydrogen) atoms. The van der Waals surface area contributed by atoms with Crippen LogP contribution in [0, 0.1) is 0 Å². The summed E-state index contributed by atoms with van der Waals surface area (Å²) in [5, 5.41) is 0. The molecular formula is C18H30F3IO2. The van der Waals surface area contributed by atoms with Crippen LogP contribution < -0.4 is 0 Å². The van der Waals surface area contributed by atoms with Gasteiger partial charge < -0.3 is 4.74 Å². The normalized spacial score (nSPS) is 13.8. The molecule has 0 fully saturated rings. The zero-order chi connectivity index (χ0) is 18.4. The minimum absolute atomic E-state index is 0.0335. The number of ether oxygens (including phenoxy) is 1. The molecule has 0 spiro atoms. The highest BCUT2D eigenvalue weighted by molar-refractivity contribution is 14.1. The molecule has 6 heteroatoms. The van der Waals surface area contributed by atoms with Crippen LogP contribution in [0.1, 0.15) is 84.5 Å². The van der Waals surface area contributed by atoms with Crippen LogP contribution in [-0.2, 0) is 9.53 Å². The molecule has 0 heterocycles. The predicted molar refractivity (Wildman–Crippen MR) is 100 cm³/mol. The van der Waals surface area contributed by atoms with E-state index in [0.717, 1.165) is 19.3 Å². The first-order valence-electron chi connectivity index (χ1n) is 8.88. The number of allylic oxidation sites excluding steroid dienone is 1. The smallest absolute Gasteiger partial charge is 0.410 e. The first-order chi connectivity index (χ1) is 11.3. The summed E-state index contributed by atoms with van der Waals surface area (Å²) < 4.78 is 42.3. The van der Waals surface area contributed by atoms with Crippen molar-refractivity contribution < 1.29 is 22.7 Å². The molecular weight excluding hydrogens is 432 g/mol. The molecule has 0 aromatic rings. The van der Waals surface area contributed by atoms with Gasteiger partial charge in [0.1, 0.15) is 6.10 Å². The maximum Gasteiger partial charge on any atom is 0.410 e. The van der Waals surface area contributed by atoms with E-state index in [0.29, 0.717) is 6.42 Å². The quantitative estimate of drug-likeness (QED) is 0.166. The zero-order valence-electron chi connectivity index (χ0n) is 14.8. The Morgan fingerprint density at radius 1 is 1.00 bits per heavy atom. The number of hydrogen-bond acceptors (Lipinski definition) is 2. The summed E-state index contributed by atoms with van der Waals surface area (Å²) in [5.41, 5.74) is 0. The van der Waals surface area contributed by atoms with Gasteiger partial charge in [0.15, 0.2) is 0 Å². The Hall–Kier alpha value is -0.270. The second kappa shape index (κ2) is 14.0. The molecule has 0 saturated carbocycles. The van der Waals surface area contributed by atoms with E-state index >= 15 is 0 Å². The van der Waals surface area contributed by atoms with E-state index in [1.54, 1.807) is 22.6 Å². The van der Waals surface area contributed by atoms with Gasteiger partial charge in [0.25, 0.3) is 0 Å². The van der Waals surface area contributed by atoms with Crippen molar-refractivity contribution in [2.45, 2.75) is 96.8 Å². The molecule has 0 rings (SSSR count). The van der Waals surface area contributed by atoms with Crippen LogP contribution in [0.2, 0.25) is 0 Å². The van der Waals surface area contributed by atoms with Crippen LogP contribution in [0.15, 0.2) is 9.66 Å². The molecule has 0 aromatic carbocycles. The molecule has 142 valence electrons. The molecule has 0 radical (unpaired) electrons. The van der Waals surface area contributed by atoms with Crippen LogP contribution in [0.4, 0.5) is 13.2 Å². The second-order valence-corrected chi connectivity index (χ2v) is 7.39. The molecule has 2 nitrogen and oxygen atoms in total. The Labute approximate surface area is 157 Å². The van der Waals surface area contributed by atoms with Crippen molar-refractivity contribution in [3.05, 3.63) is 9.66 Å². The van der Waals surface area contributed by atoms with Crippen LogP contribution in [0.25, 0.3) is 0 Å². The Kier molecular flexibility index (Phi) is 13.8. The summed E-state index contributed by atoms with van der Waals surface area (Å²) >= 11 is 1.62. The third-order valence-electron chi connectivity index (χ3n) is 3.74. The Bertz CT molecular complexity index is 368. The van der Waals surface area contributed by atoms with Crippen LogP contribution >= 0.6 is 22.6 Å². The minimum atomic E-state index is -4.38. The number of unbranched alkanes of at least 4 members (excludes halogenated alkanes) is 9. The zero-order valence-corrected chi connectivity index (χ0v) is 16.9. The lowest BCUT2D eigenvalue weighted by Gasteiger charge is -2.17. The average Bonchev–Trinajstić information content (AvgIpc) is 2.45. The fourth-order valence-electron chi connectivity index (χ4n) is 2.52. The first kappa shape index (κ1) is 23.7. The summed E-state index contributed by atoms with van der Waals surface area (Å²) in [6.45, 7) is 3.43. The lowest BCUT2D eigenvalue weighted by atomic mass is 10.0. The van der Waals surface area contributed by atoms with E-state index < -0.39 is 18.2 Å². The van der Waals surface area contributed by atoms with Crippen molar-refractivity contribution in [1.82, 2.24) is 0 Å². The van der Waals surface area contributed by atoms with Gasteiger partial charge >= 0.3 is 12.1 Å². The van der Waals surface area contributed by atoms with Gasteiger partial charge in [-0.2, -0.15) is 13.2 Å². The Morgan fingerprint density at radius 2 is 1.46 bits per heavy atom. The summed E-state index contributed by atoms with van der Waals surface area (Å²) in [4.78, 5) is 11.1. The topological polar surface area (TPSA) is 26.3 Å². The van der Waals surface area contributed by atoms with Gasteiger partial charge in [-0.25, -0.2) is 0 Å². The lowest BCUT2D eigenvalue weighted by Crippen LogP contribution is -2.18. The van der Waals surface area contributed by atoms with Crippen LogP contribution in [0.5, 0.6) is 0 Å². The summed E-state index contributed by atoms with van der Waals surface area (Å²) in [6, 6.07) is 0. The Morgan fingerprint density at radius 3 is 1.88 bits per heavy atom. The second-order valence-electron chi connectivity index (χ2n) is 6.14. The van der Waals surface area contributed by atoms with Gasteiger partial charge in [0, 0.05) is 16.6 Å². The molecule has 0 saturated heterocycles. The fourth-order valence-corrected chi connectivity index (χ4v) is 3.31. The third kappa shape index (κ3) is 15.3. The van der Waals surface area contributed by atoms with Gasteiger partial charge in [0.2, 0.25) is 0 Å². The molecule has 0 aliphatic carbocycles. The van der Waals surface area contributed by atoms with Gasteiger partial charge in [-0.1, -0.05) is 64.7 Å². The predicted octanol–water partition coefficient (Wildman–Crippen LogP) is 7.11. The van der Waals surface area contributed by atoms with Crippen molar-refractivity contribution >= 4 is 28.6 Å². The van der Waals surface area contributed by atoms with E-state index in [9.17, 15) is 18.0 Å². The largest absolute Gasteiger partial charge is 0.457 e. The number of carbonyl (C=O) groups is 1. The highest BCUT2D eigenvalue weighted by atomic mass is 127. The standard InChI is InChI=1S/C18H30F3IO2/c1-3-4-5-6-7-8-9-10-11-12-13-17(24-15(2)23)16(22)14-18(19,20)21/h14,17H,3-13H2,1-2H3/b16-14-. The van der Waals surface area contributed by atoms with E-state index in [1.807, 2.05) is 0 Å². The van der Waals surface area contributed by atoms with Gasteiger partial charge in [-0.05, 0) is 35.4 Å². The number of esters is 1. The first-order valence-corrected chi connectivity index (χ1v) is 9.96. The van der Waals surface area contributed by atoms with Crippen molar-refractivity contribution in [2.24, 2.45) is 0 Å². The molecule has 0 amide bonds. The molecule has 0 aliphatic rings. The van der Waals surface area contributed by atoms with E-state index in [2.05, 4.69) is 6.92 Å². The van der Waals surface area contributed by atoms with Crippen LogP contribution in [0.3, 0.4) is 0 Å². The van der Waals surface area contributed by atoms with E-state index in [1.165, 1.54) is 51.9 Å². The maximum absolute atomic E-state index is 12.4. The highest BCUT2D eigenvalue weighted by Crippen LogP contribution is 2.27. The SMILES string of the molecule is CCCCCCCCCCCCC(OC(C)=O)/C(I)=C/C(F)(F)F. The summed E-state index contributed by atoms with van der Waals surface area (Å²) in [5.74, 6) is -0.545. The number of rotatable bonds is 13. The van der Waals surface area contributed by atoms with Gasteiger partial charge in [-0.15, -0.1) is 0 Å². The third-order valence-corrected chi connectivity index (χ3v) is 4.74. The van der Waals surface area contributed by atoms with Crippen LogP contribution in [-0.4, -0.2) is 18.2 Å². The number of hydrogen-bond donors (Lipinski definition) is 0. The fraction of sp³-hybridized carbons (Fsp3) is 0.833. The molecule has 1 unspecified atom stereocenters. The summed E-state index contributed by atoms with van der Waals surface area (Å²) in [6.07, 6.45) is 7.14. The molecule has 0 aromatic heterocycles. The maximum atomic E-state index is 12.4. The molecule has 0 N–H and O–H groups in total. The lowest BCUT2D eigenvalue weighted by molar-refractivity contribution is -0.144. The van der Waals surface area contributed by atoms with E-state index in [4.69, 9.17) is 4.74 Å². The number of carbonyl (C=O) groups excluding carboxylic acids is 1. The van der Waals surface area contributed by atoms with Crippen molar-refractivity contribution in [1.29, 1.82) is 0 Å². The van der Waals surface area contributed by atoms with E-state index in [-0.39, 0.29) is 9.66 Å². The molecule has 1 atom stereocenters.